The highest BCUT2D eigenvalue weighted by atomic mass is 16.5. The SMILES string of the molecule is [C-]#[N+]c1cc2c(Oc3ccc(NC(=O)Nc4ccccc4)cc3)ccnc2cc1OCc1ccccc1. The van der Waals surface area contributed by atoms with Gasteiger partial charge in [0.2, 0.25) is 5.69 Å². The summed E-state index contributed by atoms with van der Waals surface area (Å²) in [5.41, 5.74) is 3.38. The van der Waals surface area contributed by atoms with Crippen LogP contribution in [0.1, 0.15) is 5.56 Å². The van der Waals surface area contributed by atoms with Crippen molar-refractivity contribution in [1.82, 2.24) is 4.98 Å². The number of fused-ring (bicyclic) bond motifs is 1. The van der Waals surface area contributed by atoms with E-state index in [1.165, 1.54) is 0 Å². The molecule has 0 aliphatic rings. The van der Waals surface area contributed by atoms with Gasteiger partial charge in [0, 0.05) is 23.0 Å². The van der Waals surface area contributed by atoms with Crippen LogP contribution in [-0.2, 0) is 6.61 Å². The van der Waals surface area contributed by atoms with Gasteiger partial charge in [-0.15, -0.1) is 0 Å². The topological polar surface area (TPSA) is 76.8 Å². The van der Waals surface area contributed by atoms with Gasteiger partial charge >= 0.3 is 6.03 Å². The summed E-state index contributed by atoms with van der Waals surface area (Å²) < 4.78 is 12.0. The molecule has 37 heavy (non-hydrogen) atoms. The van der Waals surface area contributed by atoms with E-state index in [0.717, 1.165) is 5.56 Å². The summed E-state index contributed by atoms with van der Waals surface area (Å²) in [7, 11) is 0. The Morgan fingerprint density at radius 1 is 0.811 bits per heavy atom. The Morgan fingerprint density at radius 2 is 1.49 bits per heavy atom. The first-order valence-electron chi connectivity index (χ1n) is 11.6. The predicted octanol–water partition coefficient (Wildman–Crippen LogP) is 7.80. The van der Waals surface area contributed by atoms with E-state index in [1.807, 2.05) is 60.7 Å². The van der Waals surface area contributed by atoms with Crippen LogP contribution in [-0.4, -0.2) is 11.0 Å². The minimum atomic E-state index is -0.336. The number of carbonyl (C=O) groups excluding carboxylic acids is 1. The molecule has 0 fully saturated rings. The number of hydrogen-bond acceptors (Lipinski definition) is 4. The number of nitrogens with one attached hydrogen (secondary N) is 2. The number of hydrogen-bond donors (Lipinski definition) is 2. The third-order valence-corrected chi connectivity index (χ3v) is 5.51. The highest BCUT2D eigenvalue weighted by Gasteiger charge is 2.12. The van der Waals surface area contributed by atoms with Crippen molar-refractivity contribution in [3.8, 4) is 17.2 Å². The molecule has 2 amide bonds. The number of rotatable bonds is 7. The minimum Gasteiger partial charge on any atom is -0.500 e. The van der Waals surface area contributed by atoms with Crippen LogP contribution in [0.3, 0.4) is 0 Å². The maximum Gasteiger partial charge on any atom is 0.323 e. The van der Waals surface area contributed by atoms with Gasteiger partial charge in [0.1, 0.15) is 23.9 Å². The highest BCUT2D eigenvalue weighted by molar-refractivity contribution is 5.99. The number of amides is 2. The quantitative estimate of drug-likeness (QED) is 0.230. The fraction of sp³-hybridized carbons (Fsp3) is 0.0333. The molecular weight excluding hydrogens is 464 g/mol. The lowest BCUT2D eigenvalue weighted by Crippen LogP contribution is -2.19. The average Bonchev–Trinajstić information content (AvgIpc) is 2.93. The Balaban J connectivity index is 1.30. The average molecular weight is 487 g/mol. The maximum atomic E-state index is 12.2. The second kappa shape index (κ2) is 10.9. The summed E-state index contributed by atoms with van der Waals surface area (Å²) in [6.45, 7) is 7.98. The van der Waals surface area contributed by atoms with Crippen molar-refractivity contribution in [3.63, 3.8) is 0 Å². The van der Waals surface area contributed by atoms with Crippen LogP contribution in [0.2, 0.25) is 0 Å². The lowest BCUT2D eigenvalue weighted by atomic mass is 10.1. The molecule has 5 aromatic rings. The molecular formula is C30H22N4O3. The number of ether oxygens (including phenoxy) is 2. The molecule has 0 bridgehead atoms. The first-order valence-corrected chi connectivity index (χ1v) is 11.6. The van der Waals surface area contributed by atoms with Crippen LogP contribution in [0.5, 0.6) is 17.2 Å². The fourth-order valence-electron chi connectivity index (χ4n) is 3.71. The molecule has 180 valence electrons. The van der Waals surface area contributed by atoms with Crippen LogP contribution < -0.4 is 20.1 Å². The van der Waals surface area contributed by atoms with Crippen LogP contribution >= 0.6 is 0 Å². The molecule has 5 rings (SSSR count). The van der Waals surface area contributed by atoms with Crippen molar-refractivity contribution >= 4 is 34.0 Å². The highest BCUT2D eigenvalue weighted by Crippen LogP contribution is 2.37. The molecule has 2 N–H and O–H groups in total. The molecule has 4 aromatic carbocycles. The zero-order chi connectivity index (χ0) is 25.5. The van der Waals surface area contributed by atoms with Crippen molar-refractivity contribution in [2.45, 2.75) is 6.61 Å². The van der Waals surface area contributed by atoms with E-state index in [0.29, 0.717) is 51.8 Å². The predicted molar refractivity (Wildman–Crippen MR) is 144 cm³/mol. The van der Waals surface area contributed by atoms with Gasteiger partial charge in [-0.25, -0.2) is 9.64 Å². The van der Waals surface area contributed by atoms with Crippen molar-refractivity contribution in [2.24, 2.45) is 0 Å². The molecule has 0 spiro atoms. The molecule has 1 heterocycles. The van der Waals surface area contributed by atoms with E-state index in [-0.39, 0.29) is 6.03 Å². The molecule has 1 aromatic heterocycles. The van der Waals surface area contributed by atoms with E-state index in [2.05, 4.69) is 20.5 Å². The number of anilines is 2. The third-order valence-electron chi connectivity index (χ3n) is 5.51. The van der Waals surface area contributed by atoms with Gasteiger partial charge in [0.25, 0.3) is 0 Å². The van der Waals surface area contributed by atoms with E-state index < -0.39 is 0 Å². The molecule has 7 nitrogen and oxygen atoms in total. The number of benzene rings is 4. The summed E-state index contributed by atoms with van der Waals surface area (Å²) >= 11 is 0. The molecule has 0 aliphatic carbocycles. The first-order chi connectivity index (χ1) is 18.2. The van der Waals surface area contributed by atoms with E-state index in [9.17, 15) is 4.79 Å². The van der Waals surface area contributed by atoms with Crippen molar-refractivity contribution in [1.29, 1.82) is 0 Å². The number of carbonyl (C=O) groups is 1. The second-order valence-corrected chi connectivity index (χ2v) is 8.10. The third kappa shape index (κ3) is 5.84. The number of aromatic nitrogens is 1. The normalized spacial score (nSPS) is 10.4. The van der Waals surface area contributed by atoms with Gasteiger partial charge in [0.05, 0.1) is 12.1 Å². The van der Waals surface area contributed by atoms with Crippen LogP contribution in [0.15, 0.2) is 109 Å². The Kier molecular flexibility index (Phi) is 6.91. The molecule has 0 radical (unpaired) electrons. The number of nitrogens with zero attached hydrogens (tertiary/aromatic N) is 2. The maximum absolute atomic E-state index is 12.2. The van der Waals surface area contributed by atoms with Crippen molar-refractivity contribution < 1.29 is 14.3 Å². The Morgan fingerprint density at radius 3 is 2.19 bits per heavy atom. The summed E-state index contributed by atoms with van der Waals surface area (Å²) in [6, 6.07) is 30.9. The molecule has 0 unspecified atom stereocenters. The lowest BCUT2D eigenvalue weighted by molar-refractivity contribution is 0.262. The summed E-state index contributed by atoms with van der Waals surface area (Å²) in [5.74, 6) is 1.61. The largest absolute Gasteiger partial charge is 0.500 e. The molecule has 0 saturated carbocycles. The van der Waals surface area contributed by atoms with E-state index in [4.69, 9.17) is 16.0 Å². The summed E-state index contributed by atoms with van der Waals surface area (Å²) in [4.78, 5) is 20.3. The second-order valence-electron chi connectivity index (χ2n) is 8.10. The van der Waals surface area contributed by atoms with Gasteiger partial charge < -0.3 is 20.1 Å². The minimum absolute atomic E-state index is 0.336. The smallest absolute Gasteiger partial charge is 0.323 e. The number of pyridine rings is 1. The fourth-order valence-corrected chi connectivity index (χ4v) is 3.71. The van der Waals surface area contributed by atoms with Gasteiger partial charge in [-0.2, -0.15) is 0 Å². The van der Waals surface area contributed by atoms with Gasteiger partial charge in [-0.3, -0.25) is 4.98 Å². The Bertz CT molecular complexity index is 1560. The molecule has 7 heteroatoms. The van der Waals surface area contributed by atoms with Gasteiger partial charge in [0.15, 0.2) is 0 Å². The van der Waals surface area contributed by atoms with Crippen LogP contribution in [0, 0.1) is 6.57 Å². The zero-order valence-electron chi connectivity index (χ0n) is 19.7. The Labute approximate surface area is 214 Å². The van der Waals surface area contributed by atoms with Gasteiger partial charge in [-0.1, -0.05) is 48.5 Å². The lowest BCUT2D eigenvalue weighted by Gasteiger charge is -2.13. The Hall–Kier alpha value is -5.35. The summed E-state index contributed by atoms with van der Waals surface area (Å²) in [5, 5.41) is 6.27. The van der Waals surface area contributed by atoms with Gasteiger partial charge in [-0.05, 0) is 60.2 Å². The summed E-state index contributed by atoms with van der Waals surface area (Å²) in [6.07, 6.45) is 1.65. The molecule has 0 atom stereocenters. The monoisotopic (exact) mass is 486 g/mol. The number of para-hydroxylation sites is 1. The standard InChI is InChI=1S/C30H22N4O3/c1-31-27-18-25-26(19-29(27)36-20-21-8-4-2-5-9-21)32-17-16-28(25)37-24-14-12-23(13-15-24)34-30(35)33-22-10-6-3-7-11-22/h2-19H,20H2,(H2,33,34,35). The molecule has 0 aliphatic heterocycles. The molecule has 0 saturated heterocycles. The van der Waals surface area contributed by atoms with E-state index in [1.54, 1.807) is 48.7 Å². The van der Waals surface area contributed by atoms with Crippen molar-refractivity contribution in [3.05, 3.63) is 126 Å². The first kappa shape index (κ1) is 23.4. The van der Waals surface area contributed by atoms with Crippen LogP contribution in [0.25, 0.3) is 15.7 Å². The number of urea groups is 1. The zero-order valence-corrected chi connectivity index (χ0v) is 19.7. The van der Waals surface area contributed by atoms with Crippen molar-refractivity contribution in [2.75, 3.05) is 10.6 Å². The van der Waals surface area contributed by atoms with Crippen LogP contribution in [0.4, 0.5) is 21.9 Å². The van der Waals surface area contributed by atoms with E-state index >= 15 is 0 Å².